The lowest BCUT2D eigenvalue weighted by atomic mass is 10.0. The van der Waals surface area contributed by atoms with Gasteiger partial charge in [0.1, 0.15) is 6.10 Å². The van der Waals surface area contributed by atoms with Crippen molar-refractivity contribution < 1.29 is 9.53 Å². The molecule has 0 radical (unpaired) electrons. The Morgan fingerprint density at radius 2 is 2.10 bits per heavy atom. The van der Waals surface area contributed by atoms with Gasteiger partial charge in [0.25, 0.3) is 5.91 Å². The van der Waals surface area contributed by atoms with E-state index >= 15 is 0 Å². The van der Waals surface area contributed by atoms with Crippen LogP contribution in [0.3, 0.4) is 0 Å². The van der Waals surface area contributed by atoms with Crippen molar-refractivity contribution in [2.24, 2.45) is 5.73 Å². The molecule has 1 heterocycles. The van der Waals surface area contributed by atoms with Crippen LogP contribution in [0, 0.1) is 0 Å². The summed E-state index contributed by atoms with van der Waals surface area (Å²) in [7, 11) is 1.89. The average molecular weight is 290 g/mol. The van der Waals surface area contributed by atoms with Crippen LogP contribution in [-0.2, 0) is 16.0 Å². The van der Waals surface area contributed by atoms with E-state index in [2.05, 4.69) is 19.1 Å². The van der Waals surface area contributed by atoms with Crippen LogP contribution in [0.4, 0.5) is 0 Å². The molecular weight excluding hydrogens is 264 g/mol. The Balaban J connectivity index is 1.96. The molecule has 0 saturated carbocycles. The molecule has 116 valence electrons. The van der Waals surface area contributed by atoms with Crippen LogP contribution in [0.15, 0.2) is 30.3 Å². The van der Waals surface area contributed by atoms with Crippen molar-refractivity contribution in [2.75, 3.05) is 13.6 Å². The largest absolute Gasteiger partial charge is 0.364 e. The van der Waals surface area contributed by atoms with Gasteiger partial charge < -0.3 is 15.4 Å². The number of carbonyl (C=O) groups is 1. The third-order valence-electron chi connectivity index (χ3n) is 4.33. The number of hydrogen-bond acceptors (Lipinski definition) is 3. The van der Waals surface area contributed by atoms with Gasteiger partial charge in [0.05, 0.1) is 6.10 Å². The Morgan fingerprint density at radius 3 is 2.67 bits per heavy atom. The van der Waals surface area contributed by atoms with Crippen LogP contribution >= 0.6 is 0 Å². The van der Waals surface area contributed by atoms with Crippen molar-refractivity contribution in [1.29, 1.82) is 0 Å². The Bertz CT molecular complexity index is 449. The standard InChI is InChI=1S/C17H26N2O2/c1-3-14(11-13-7-5-4-6-8-13)19(2)17(20)16-10-9-15(12-18)21-16/h4-8,14-16H,3,9-12,18H2,1-2H3/t14?,15-,16+/m1/s1. The van der Waals surface area contributed by atoms with Gasteiger partial charge in [-0.3, -0.25) is 4.79 Å². The van der Waals surface area contributed by atoms with Crippen molar-refractivity contribution in [3.8, 4) is 0 Å². The first-order chi connectivity index (χ1) is 10.2. The van der Waals surface area contributed by atoms with E-state index in [1.807, 2.05) is 30.1 Å². The number of nitrogens with zero attached hydrogens (tertiary/aromatic N) is 1. The molecule has 4 heteroatoms. The summed E-state index contributed by atoms with van der Waals surface area (Å²) in [5.74, 6) is 0.0914. The van der Waals surface area contributed by atoms with Gasteiger partial charge >= 0.3 is 0 Å². The summed E-state index contributed by atoms with van der Waals surface area (Å²) in [4.78, 5) is 14.4. The third-order valence-corrected chi connectivity index (χ3v) is 4.33. The second-order valence-electron chi connectivity index (χ2n) is 5.76. The van der Waals surface area contributed by atoms with E-state index in [0.717, 1.165) is 25.7 Å². The van der Waals surface area contributed by atoms with Crippen molar-refractivity contribution in [3.05, 3.63) is 35.9 Å². The molecule has 1 unspecified atom stereocenters. The fourth-order valence-electron chi connectivity index (χ4n) is 2.91. The quantitative estimate of drug-likeness (QED) is 0.871. The number of ether oxygens (including phenoxy) is 1. The summed E-state index contributed by atoms with van der Waals surface area (Å²) < 4.78 is 5.72. The van der Waals surface area contributed by atoms with Crippen LogP contribution in [0.25, 0.3) is 0 Å². The number of benzene rings is 1. The fraction of sp³-hybridized carbons (Fsp3) is 0.588. The zero-order chi connectivity index (χ0) is 15.2. The molecule has 4 nitrogen and oxygen atoms in total. The summed E-state index contributed by atoms with van der Waals surface area (Å²) in [5.41, 5.74) is 6.87. The van der Waals surface area contributed by atoms with Crippen LogP contribution in [0.1, 0.15) is 31.7 Å². The average Bonchev–Trinajstić information content (AvgIpc) is 3.01. The number of hydrogen-bond donors (Lipinski definition) is 1. The SMILES string of the molecule is CCC(Cc1ccccc1)N(C)C(=O)[C@@H]1CC[C@H](CN)O1. The monoisotopic (exact) mass is 290 g/mol. The molecule has 3 atom stereocenters. The molecule has 1 aromatic rings. The molecule has 21 heavy (non-hydrogen) atoms. The molecule has 0 bridgehead atoms. The Morgan fingerprint density at radius 1 is 1.38 bits per heavy atom. The number of likely N-dealkylation sites (N-methyl/N-ethyl adjacent to an activating group) is 1. The van der Waals surface area contributed by atoms with Crippen molar-refractivity contribution in [2.45, 2.75) is 50.9 Å². The smallest absolute Gasteiger partial charge is 0.251 e. The predicted octanol–water partition coefficient (Wildman–Crippen LogP) is 1.97. The number of nitrogens with two attached hydrogens (primary N) is 1. The molecule has 0 aromatic heterocycles. The number of rotatable bonds is 6. The van der Waals surface area contributed by atoms with E-state index in [9.17, 15) is 4.79 Å². The minimum atomic E-state index is -0.312. The van der Waals surface area contributed by atoms with Gasteiger partial charge in [0.2, 0.25) is 0 Å². The van der Waals surface area contributed by atoms with Gasteiger partial charge in [-0.15, -0.1) is 0 Å². The van der Waals surface area contributed by atoms with E-state index < -0.39 is 0 Å². The first-order valence-corrected chi connectivity index (χ1v) is 7.81. The number of amides is 1. The van der Waals surface area contributed by atoms with Gasteiger partial charge in [0.15, 0.2) is 0 Å². The van der Waals surface area contributed by atoms with E-state index in [1.165, 1.54) is 5.56 Å². The Hall–Kier alpha value is -1.39. The first kappa shape index (κ1) is 16.0. The summed E-state index contributed by atoms with van der Waals surface area (Å²) in [5, 5.41) is 0. The first-order valence-electron chi connectivity index (χ1n) is 7.81. The van der Waals surface area contributed by atoms with Crippen LogP contribution < -0.4 is 5.73 Å². The maximum atomic E-state index is 12.6. The van der Waals surface area contributed by atoms with E-state index in [4.69, 9.17) is 10.5 Å². The third kappa shape index (κ3) is 4.05. The normalized spacial score (nSPS) is 23.0. The molecule has 1 amide bonds. The second kappa shape index (κ2) is 7.57. The van der Waals surface area contributed by atoms with Gasteiger partial charge in [-0.25, -0.2) is 0 Å². The fourth-order valence-corrected chi connectivity index (χ4v) is 2.91. The summed E-state index contributed by atoms with van der Waals surface area (Å²) in [6.07, 6.45) is 3.22. The van der Waals surface area contributed by atoms with Crippen LogP contribution in [-0.4, -0.2) is 42.6 Å². The van der Waals surface area contributed by atoms with Crippen molar-refractivity contribution >= 4 is 5.91 Å². The molecular formula is C17H26N2O2. The van der Waals surface area contributed by atoms with Crippen molar-refractivity contribution in [3.63, 3.8) is 0 Å². The van der Waals surface area contributed by atoms with Crippen LogP contribution in [0.5, 0.6) is 0 Å². The van der Waals surface area contributed by atoms with Gasteiger partial charge in [-0.1, -0.05) is 37.3 Å². The molecule has 1 fully saturated rings. The van der Waals surface area contributed by atoms with E-state index in [-0.39, 0.29) is 24.2 Å². The molecule has 2 rings (SSSR count). The highest BCUT2D eigenvalue weighted by molar-refractivity contribution is 5.81. The van der Waals surface area contributed by atoms with Gasteiger partial charge in [-0.2, -0.15) is 0 Å². The molecule has 2 N–H and O–H groups in total. The summed E-state index contributed by atoms with van der Waals surface area (Å²) in [6, 6.07) is 10.5. The lowest BCUT2D eigenvalue weighted by Crippen LogP contribution is -2.44. The molecule has 1 aliphatic rings. The van der Waals surface area contributed by atoms with Gasteiger partial charge in [0, 0.05) is 19.6 Å². The topological polar surface area (TPSA) is 55.6 Å². The second-order valence-corrected chi connectivity index (χ2v) is 5.76. The maximum absolute atomic E-state index is 12.6. The Kier molecular flexibility index (Phi) is 5.76. The predicted molar refractivity (Wildman–Crippen MR) is 83.9 cm³/mol. The van der Waals surface area contributed by atoms with E-state index in [1.54, 1.807) is 0 Å². The molecule has 1 aromatic carbocycles. The minimum absolute atomic E-state index is 0.0431. The summed E-state index contributed by atoms with van der Waals surface area (Å²) in [6.45, 7) is 2.62. The van der Waals surface area contributed by atoms with E-state index in [0.29, 0.717) is 6.54 Å². The highest BCUT2D eigenvalue weighted by atomic mass is 16.5. The zero-order valence-electron chi connectivity index (χ0n) is 13.0. The zero-order valence-corrected chi connectivity index (χ0v) is 13.0. The highest BCUT2D eigenvalue weighted by Gasteiger charge is 2.33. The number of carbonyl (C=O) groups excluding carboxylic acids is 1. The molecule has 0 aliphatic carbocycles. The highest BCUT2D eigenvalue weighted by Crippen LogP contribution is 2.22. The Labute approximate surface area is 127 Å². The maximum Gasteiger partial charge on any atom is 0.251 e. The van der Waals surface area contributed by atoms with Gasteiger partial charge in [-0.05, 0) is 31.2 Å². The minimum Gasteiger partial charge on any atom is -0.364 e. The summed E-state index contributed by atoms with van der Waals surface area (Å²) >= 11 is 0. The molecule has 1 aliphatic heterocycles. The molecule has 1 saturated heterocycles. The molecule has 0 spiro atoms. The lowest BCUT2D eigenvalue weighted by molar-refractivity contribution is -0.143. The lowest BCUT2D eigenvalue weighted by Gasteiger charge is -2.29. The van der Waals surface area contributed by atoms with Crippen LogP contribution in [0.2, 0.25) is 0 Å². The van der Waals surface area contributed by atoms with Crippen molar-refractivity contribution in [1.82, 2.24) is 4.90 Å².